The first kappa shape index (κ1) is 13.4. The van der Waals surface area contributed by atoms with Gasteiger partial charge in [0, 0.05) is 6.42 Å². The summed E-state index contributed by atoms with van der Waals surface area (Å²) in [6.45, 7) is 5.29. The molecule has 0 saturated carbocycles. The molecule has 0 aliphatic carbocycles. The van der Waals surface area contributed by atoms with Gasteiger partial charge >= 0.3 is 5.97 Å². The molecule has 4 heteroatoms. The van der Waals surface area contributed by atoms with E-state index in [4.69, 9.17) is 5.11 Å². The second-order valence-electron chi connectivity index (χ2n) is 3.09. The van der Waals surface area contributed by atoms with Crippen molar-refractivity contribution in [1.82, 2.24) is 5.32 Å². The minimum atomic E-state index is -1.01. The maximum Gasteiger partial charge on any atom is 0.326 e. The van der Waals surface area contributed by atoms with E-state index in [1.165, 1.54) is 0 Å². The van der Waals surface area contributed by atoms with E-state index in [0.29, 0.717) is 12.8 Å². The van der Waals surface area contributed by atoms with Gasteiger partial charge in [-0.15, -0.1) is 6.58 Å². The summed E-state index contributed by atoms with van der Waals surface area (Å²) < 4.78 is 0. The Morgan fingerprint density at radius 1 is 1.53 bits per heavy atom. The second-order valence-corrected chi connectivity index (χ2v) is 3.09. The Bertz CT molecular complexity index is 259. The topological polar surface area (TPSA) is 66.4 Å². The number of amides is 1. The number of carboxylic acids is 1. The average Bonchev–Trinajstić information content (AvgIpc) is 2.20. The van der Waals surface area contributed by atoms with Crippen molar-refractivity contribution >= 4 is 11.9 Å². The predicted molar refractivity (Wildman–Crippen MR) is 58.4 cm³/mol. The van der Waals surface area contributed by atoms with E-state index in [9.17, 15) is 9.59 Å². The third kappa shape index (κ3) is 6.49. The summed E-state index contributed by atoms with van der Waals surface area (Å²) in [4.78, 5) is 22.0. The highest BCUT2D eigenvalue weighted by atomic mass is 16.4. The average molecular weight is 211 g/mol. The van der Waals surface area contributed by atoms with Crippen molar-refractivity contribution in [1.29, 1.82) is 0 Å². The zero-order valence-electron chi connectivity index (χ0n) is 8.90. The van der Waals surface area contributed by atoms with E-state index in [1.807, 2.05) is 0 Å². The van der Waals surface area contributed by atoms with Gasteiger partial charge in [0.15, 0.2) is 0 Å². The van der Waals surface area contributed by atoms with Crippen LogP contribution >= 0.6 is 0 Å². The van der Waals surface area contributed by atoms with Gasteiger partial charge in [-0.2, -0.15) is 0 Å². The Labute approximate surface area is 89.7 Å². The van der Waals surface area contributed by atoms with Crippen LogP contribution in [0, 0.1) is 0 Å². The fraction of sp³-hybridized carbons (Fsp3) is 0.455. The van der Waals surface area contributed by atoms with Crippen molar-refractivity contribution in [2.24, 2.45) is 0 Å². The Balaban J connectivity index is 4.09. The van der Waals surface area contributed by atoms with Gasteiger partial charge in [-0.25, -0.2) is 4.79 Å². The van der Waals surface area contributed by atoms with Crippen LogP contribution in [-0.4, -0.2) is 23.0 Å². The van der Waals surface area contributed by atoms with Crippen LogP contribution in [0.25, 0.3) is 0 Å². The van der Waals surface area contributed by atoms with Gasteiger partial charge in [0.25, 0.3) is 0 Å². The number of hydrogen-bond donors (Lipinski definition) is 2. The lowest BCUT2D eigenvalue weighted by atomic mass is 10.2. The molecule has 0 saturated heterocycles. The molecule has 0 rings (SSSR count). The second kappa shape index (κ2) is 7.79. The van der Waals surface area contributed by atoms with E-state index in [-0.39, 0.29) is 12.3 Å². The van der Waals surface area contributed by atoms with Crippen molar-refractivity contribution in [3.05, 3.63) is 24.8 Å². The molecule has 0 aliphatic rings. The Hall–Kier alpha value is -1.58. The fourth-order valence-corrected chi connectivity index (χ4v) is 0.993. The minimum absolute atomic E-state index is 0.258. The SMILES string of the molecule is C=CCCC(=O)NC(C/C=C/C)C(=O)O. The highest BCUT2D eigenvalue weighted by molar-refractivity contribution is 5.83. The first-order chi connectivity index (χ1) is 7.11. The molecule has 0 heterocycles. The molecule has 0 aromatic heterocycles. The van der Waals surface area contributed by atoms with Crippen LogP contribution in [0.4, 0.5) is 0 Å². The summed E-state index contributed by atoms with van der Waals surface area (Å²) in [5, 5.41) is 11.3. The molecule has 2 N–H and O–H groups in total. The molecule has 0 bridgehead atoms. The van der Waals surface area contributed by atoms with E-state index < -0.39 is 12.0 Å². The molecule has 0 spiro atoms. The summed E-state index contributed by atoms with van der Waals surface area (Å²) in [5.41, 5.74) is 0. The molecular formula is C11H17NO3. The highest BCUT2D eigenvalue weighted by Gasteiger charge is 2.17. The van der Waals surface area contributed by atoms with E-state index in [1.54, 1.807) is 25.2 Å². The lowest BCUT2D eigenvalue weighted by Gasteiger charge is -2.11. The van der Waals surface area contributed by atoms with Crippen molar-refractivity contribution < 1.29 is 14.7 Å². The first-order valence-corrected chi connectivity index (χ1v) is 4.86. The zero-order valence-corrected chi connectivity index (χ0v) is 8.90. The number of hydrogen-bond acceptors (Lipinski definition) is 2. The highest BCUT2D eigenvalue weighted by Crippen LogP contribution is 1.97. The van der Waals surface area contributed by atoms with Gasteiger partial charge in [-0.1, -0.05) is 18.2 Å². The molecule has 1 unspecified atom stereocenters. The van der Waals surface area contributed by atoms with Gasteiger partial charge in [-0.05, 0) is 19.8 Å². The van der Waals surface area contributed by atoms with Crippen molar-refractivity contribution in [2.75, 3.05) is 0 Å². The maximum absolute atomic E-state index is 11.2. The molecular weight excluding hydrogens is 194 g/mol. The molecule has 0 fully saturated rings. The molecule has 0 aromatic carbocycles. The monoisotopic (exact) mass is 211 g/mol. The minimum Gasteiger partial charge on any atom is -0.480 e. The Morgan fingerprint density at radius 3 is 2.67 bits per heavy atom. The van der Waals surface area contributed by atoms with E-state index in [0.717, 1.165) is 0 Å². The molecule has 15 heavy (non-hydrogen) atoms. The number of carboxylic acid groups (broad SMARTS) is 1. The Morgan fingerprint density at radius 2 is 2.20 bits per heavy atom. The van der Waals surface area contributed by atoms with Crippen LogP contribution in [0.3, 0.4) is 0 Å². The molecule has 1 atom stereocenters. The summed E-state index contributed by atoms with van der Waals surface area (Å²) in [7, 11) is 0. The van der Waals surface area contributed by atoms with E-state index >= 15 is 0 Å². The predicted octanol–water partition coefficient (Wildman–Crippen LogP) is 1.49. The summed E-state index contributed by atoms with van der Waals surface area (Å²) >= 11 is 0. The van der Waals surface area contributed by atoms with Gasteiger partial charge < -0.3 is 10.4 Å². The van der Waals surface area contributed by atoms with Gasteiger partial charge in [0.1, 0.15) is 6.04 Å². The normalized spacial score (nSPS) is 12.3. The van der Waals surface area contributed by atoms with Crippen molar-refractivity contribution in [3.8, 4) is 0 Å². The Kier molecular flexibility index (Phi) is 6.97. The van der Waals surface area contributed by atoms with Crippen LogP contribution in [0.2, 0.25) is 0 Å². The smallest absolute Gasteiger partial charge is 0.326 e. The molecule has 0 aliphatic heterocycles. The summed E-state index contributed by atoms with van der Waals surface area (Å²) in [6, 6.07) is -0.835. The van der Waals surface area contributed by atoms with Gasteiger partial charge in [0.2, 0.25) is 5.91 Å². The maximum atomic E-state index is 11.2. The summed E-state index contributed by atoms with van der Waals surface area (Å²) in [6.07, 6.45) is 6.25. The largest absolute Gasteiger partial charge is 0.480 e. The number of nitrogens with one attached hydrogen (secondary N) is 1. The number of allylic oxidation sites excluding steroid dienone is 2. The van der Waals surface area contributed by atoms with Crippen LogP contribution < -0.4 is 5.32 Å². The number of aliphatic carboxylic acids is 1. The van der Waals surface area contributed by atoms with Crippen LogP contribution in [0.5, 0.6) is 0 Å². The molecule has 4 nitrogen and oxygen atoms in total. The molecule has 0 radical (unpaired) electrons. The van der Waals surface area contributed by atoms with Gasteiger partial charge in [-0.3, -0.25) is 4.79 Å². The van der Waals surface area contributed by atoms with Gasteiger partial charge in [0.05, 0.1) is 0 Å². The standard InChI is InChI=1S/C11H17NO3/c1-3-5-7-9(11(14)15)12-10(13)8-6-4-2/h3-5,9H,2,6-8H2,1H3,(H,12,13)(H,14,15)/b5-3+. The number of carbonyl (C=O) groups excluding carboxylic acids is 1. The number of rotatable bonds is 7. The molecule has 84 valence electrons. The van der Waals surface area contributed by atoms with E-state index in [2.05, 4.69) is 11.9 Å². The third-order valence-electron chi connectivity index (χ3n) is 1.82. The molecule has 1 amide bonds. The quantitative estimate of drug-likeness (QED) is 0.627. The van der Waals surface area contributed by atoms with Crippen LogP contribution in [0.1, 0.15) is 26.2 Å². The lowest BCUT2D eigenvalue weighted by molar-refractivity contribution is -0.141. The molecule has 0 aromatic rings. The fourth-order valence-electron chi connectivity index (χ4n) is 0.993. The lowest BCUT2D eigenvalue weighted by Crippen LogP contribution is -2.40. The zero-order chi connectivity index (χ0) is 11.7. The van der Waals surface area contributed by atoms with Crippen LogP contribution in [0.15, 0.2) is 24.8 Å². The number of carbonyl (C=O) groups is 2. The summed E-state index contributed by atoms with van der Waals surface area (Å²) in [5.74, 6) is -1.27. The van der Waals surface area contributed by atoms with Crippen LogP contribution in [-0.2, 0) is 9.59 Å². The van der Waals surface area contributed by atoms with Crippen molar-refractivity contribution in [2.45, 2.75) is 32.2 Å². The third-order valence-corrected chi connectivity index (χ3v) is 1.82. The van der Waals surface area contributed by atoms with Crippen molar-refractivity contribution in [3.63, 3.8) is 0 Å². The first-order valence-electron chi connectivity index (χ1n) is 4.86.